The fraction of sp³-hybridized carbons (Fsp3) is 0.941. The number of nitrogens with two attached hydrogens (primary N) is 1. The fourth-order valence-electron chi connectivity index (χ4n) is 2.68. The summed E-state index contributed by atoms with van der Waals surface area (Å²) in [5.74, 6) is 0. The van der Waals surface area contributed by atoms with Crippen molar-refractivity contribution in [2.75, 3.05) is 52.4 Å². The zero-order valence-corrected chi connectivity index (χ0v) is 15.3. The van der Waals surface area contributed by atoms with Gasteiger partial charge in [-0.2, -0.15) is 0 Å². The molecule has 6 heteroatoms. The van der Waals surface area contributed by atoms with Crippen molar-refractivity contribution in [1.29, 1.82) is 0 Å². The van der Waals surface area contributed by atoms with Crippen LogP contribution in [-0.4, -0.2) is 73.9 Å². The molecular formula is C17H36N4O2. The Bertz CT molecular complexity index is 323. The van der Waals surface area contributed by atoms with Crippen LogP contribution in [0.4, 0.5) is 4.79 Å². The van der Waals surface area contributed by atoms with Crippen molar-refractivity contribution < 1.29 is 9.53 Å². The molecule has 23 heavy (non-hydrogen) atoms. The van der Waals surface area contributed by atoms with Crippen LogP contribution < -0.4 is 11.1 Å². The predicted octanol–water partition coefficient (Wildman–Crippen LogP) is 1.65. The molecule has 0 aromatic carbocycles. The number of unbranched alkanes of at least 4 members (excludes halogenated alkanes) is 2. The van der Waals surface area contributed by atoms with Crippen LogP contribution in [0.15, 0.2) is 0 Å². The number of ether oxygens (including phenoxy) is 1. The van der Waals surface area contributed by atoms with E-state index in [0.29, 0.717) is 6.54 Å². The largest absolute Gasteiger partial charge is 0.444 e. The molecule has 1 fully saturated rings. The van der Waals surface area contributed by atoms with E-state index in [4.69, 9.17) is 10.5 Å². The van der Waals surface area contributed by atoms with Gasteiger partial charge in [-0.05, 0) is 66.1 Å². The Balaban J connectivity index is 1.98. The number of piperazine rings is 1. The lowest BCUT2D eigenvalue weighted by Gasteiger charge is -2.34. The SMILES string of the molecule is CC(C)(C)OC(=O)NCCCCN1CCN(CCCCN)CC1. The highest BCUT2D eigenvalue weighted by molar-refractivity contribution is 5.67. The van der Waals surface area contributed by atoms with Crippen molar-refractivity contribution in [2.24, 2.45) is 5.73 Å². The minimum absolute atomic E-state index is 0.316. The number of carbonyl (C=O) groups is 1. The summed E-state index contributed by atoms with van der Waals surface area (Å²) >= 11 is 0. The number of alkyl carbamates (subject to hydrolysis) is 1. The Morgan fingerprint density at radius 1 is 1.00 bits per heavy atom. The molecule has 1 heterocycles. The number of carbonyl (C=O) groups excluding carboxylic acids is 1. The van der Waals surface area contributed by atoms with Crippen LogP contribution in [0.5, 0.6) is 0 Å². The average Bonchev–Trinajstić information content (AvgIpc) is 2.47. The van der Waals surface area contributed by atoms with Gasteiger partial charge in [0.1, 0.15) is 5.60 Å². The van der Waals surface area contributed by atoms with Gasteiger partial charge in [-0.25, -0.2) is 4.79 Å². The molecule has 0 radical (unpaired) electrons. The molecule has 0 saturated carbocycles. The van der Waals surface area contributed by atoms with Gasteiger partial charge < -0.3 is 25.6 Å². The van der Waals surface area contributed by atoms with E-state index in [1.165, 1.54) is 26.1 Å². The van der Waals surface area contributed by atoms with Gasteiger partial charge in [0.2, 0.25) is 0 Å². The van der Waals surface area contributed by atoms with E-state index in [1.807, 2.05) is 20.8 Å². The molecule has 6 nitrogen and oxygen atoms in total. The summed E-state index contributed by atoms with van der Waals surface area (Å²) in [6.07, 6.45) is 4.14. The van der Waals surface area contributed by atoms with Gasteiger partial charge in [0.15, 0.2) is 0 Å². The van der Waals surface area contributed by atoms with E-state index in [-0.39, 0.29) is 6.09 Å². The number of amides is 1. The number of nitrogens with one attached hydrogen (secondary N) is 1. The third-order valence-corrected chi connectivity index (χ3v) is 3.96. The van der Waals surface area contributed by atoms with Gasteiger partial charge in [0, 0.05) is 32.7 Å². The quantitative estimate of drug-likeness (QED) is 0.630. The van der Waals surface area contributed by atoms with Gasteiger partial charge in [-0.3, -0.25) is 0 Å². The van der Waals surface area contributed by atoms with Crippen molar-refractivity contribution >= 4 is 6.09 Å². The second-order valence-corrected chi connectivity index (χ2v) is 7.31. The molecule has 1 rings (SSSR count). The molecule has 136 valence electrons. The molecule has 0 aliphatic carbocycles. The smallest absolute Gasteiger partial charge is 0.407 e. The van der Waals surface area contributed by atoms with E-state index in [1.54, 1.807) is 0 Å². The Hall–Kier alpha value is -0.850. The van der Waals surface area contributed by atoms with Crippen LogP contribution in [-0.2, 0) is 4.74 Å². The van der Waals surface area contributed by atoms with Crippen molar-refractivity contribution in [3.05, 3.63) is 0 Å². The summed E-state index contributed by atoms with van der Waals surface area (Å²) in [6, 6.07) is 0. The van der Waals surface area contributed by atoms with E-state index in [9.17, 15) is 4.79 Å². The fourth-order valence-corrected chi connectivity index (χ4v) is 2.68. The monoisotopic (exact) mass is 328 g/mol. The highest BCUT2D eigenvalue weighted by Gasteiger charge is 2.17. The molecule has 0 aromatic rings. The Labute approximate surface area is 141 Å². The van der Waals surface area contributed by atoms with Crippen LogP contribution >= 0.6 is 0 Å². The van der Waals surface area contributed by atoms with Crippen molar-refractivity contribution in [3.8, 4) is 0 Å². The van der Waals surface area contributed by atoms with Crippen LogP contribution in [0.2, 0.25) is 0 Å². The maximum Gasteiger partial charge on any atom is 0.407 e. The summed E-state index contributed by atoms with van der Waals surface area (Å²) in [6.45, 7) is 14.1. The summed E-state index contributed by atoms with van der Waals surface area (Å²) in [4.78, 5) is 16.6. The minimum Gasteiger partial charge on any atom is -0.444 e. The van der Waals surface area contributed by atoms with Crippen LogP contribution in [0.25, 0.3) is 0 Å². The number of hydrogen-bond donors (Lipinski definition) is 2. The second-order valence-electron chi connectivity index (χ2n) is 7.31. The van der Waals surface area contributed by atoms with E-state index < -0.39 is 5.60 Å². The molecule has 1 aliphatic heterocycles. The number of nitrogens with zero attached hydrogens (tertiary/aromatic N) is 2. The molecule has 0 bridgehead atoms. The molecule has 1 saturated heterocycles. The second kappa shape index (κ2) is 10.8. The molecule has 1 aliphatic rings. The lowest BCUT2D eigenvalue weighted by Crippen LogP contribution is -2.46. The zero-order chi connectivity index (χ0) is 17.1. The first kappa shape index (κ1) is 20.2. The van der Waals surface area contributed by atoms with Crippen molar-refractivity contribution in [1.82, 2.24) is 15.1 Å². The van der Waals surface area contributed by atoms with Crippen molar-refractivity contribution in [2.45, 2.75) is 52.1 Å². The zero-order valence-electron chi connectivity index (χ0n) is 15.3. The van der Waals surface area contributed by atoms with E-state index in [0.717, 1.165) is 45.4 Å². The molecule has 3 N–H and O–H groups in total. The van der Waals surface area contributed by atoms with Gasteiger partial charge in [-0.15, -0.1) is 0 Å². The lowest BCUT2D eigenvalue weighted by molar-refractivity contribution is 0.0526. The number of hydrogen-bond acceptors (Lipinski definition) is 5. The summed E-state index contributed by atoms with van der Waals surface area (Å²) in [5.41, 5.74) is 5.11. The molecule has 1 amide bonds. The van der Waals surface area contributed by atoms with Gasteiger partial charge in [-0.1, -0.05) is 0 Å². The van der Waals surface area contributed by atoms with E-state index >= 15 is 0 Å². The Kier molecular flexibility index (Phi) is 9.52. The van der Waals surface area contributed by atoms with Gasteiger partial charge in [0.25, 0.3) is 0 Å². The molecular weight excluding hydrogens is 292 g/mol. The molecule has 0 unspecified atom stereocenters. The maximum atomic E-state index is 11.5. The molecule has 0 atom stereocenters. The highest BCUT2D eigenvalue weighted by Crippen LogP contribution is 2.07. The third-order valence-electron chi connectivity index (χ3n) is 3.96. The van der Waals surface area contributed by atoms with Gasteiger partial charge in [0.05, 0.1) is 0 Å². The molecule has 0 aromatic heterocycles. The average molecular weight is 329 g/mol. The topological polar surface area (TPSA) is 70.8 Å². The third kappa shape index (κ3) is 10.5. The van der Waals surface area contributed by atoms with Crippen LogP contribution in [0.3, 0.4) is 0 Å². The van der Waals surface area contributed by atoms with E-state index in [2.05, 4.69) is 15.1 Å². The predicted molar refractivity (Wildman–Crippen MR) is 94.6 cm³/mol. The minimum atomic E-state index is -0.423. The first-order chi connectivity index (χ1) is 10.9. The van der Waals surface area contributed by atoms with Crippen LogP contribution in [0.1, 0.15) is 46.5 Å². The highest BCUT2D eigenvalue weighted by atomic mass is 16.6. The number of rotatable bonds is 9. The maximum absolute atomic E-state index is 11.5. The Morgan fingerprint density at radius 2 is 1.52 bits per heavy atom. The summed E-state index contributed by atoms with van der Waals surface area (Å²) in [5, 5.41) is 2.81. The Morgan fingerprint density at radius 3 is 2.00 bits per heavy atom. The van der Waals surface area contributed by atoms with Crippen LogP contribution in [0, 0.1) is 0 Å². The van der Waals surface area contributed by atoms with Crippen molar-refractivity contribution in [3.63, 3.8) is 0 Å². The first-order valence-electron chi connectivity index (χ1n) is 9.02. The summed E-state index contributed by atoms with van der Waals surface area (Å²) in [7, 11) is 0. The first-order valence-corrected chi connectivity index (χ1v) is 9.02. The standard InChI is InChI=1S/C17H36N4O2/c1-17(2,3)23-16(22)19-9-5-7-11-21-14-12-20(13-15-21)10-6-4-8-18/h4-15,18H2,1-3H3,(H,19,22). The normalized spacial score (nSPS) is 17.2. The molecule has 0 spiro atoms. The summed E-state index contributed by atoms with van der Waals surface area (Å²) < 4.78 is 5.21. The lowest BCUT2D eigenvalue weighted by atomic mass is 10.2. The van der Waals surface area contributed by atoms with Gasteiger partial charge >= 0.3 is 6.09 Å².